The number of aromatic nitrogens is 1. The molecule has 28 heavy (non-hydrogen) atoms. The number of allylic oxidation sites excluding steroid dienone is 1. The summed E-state index contributed by atoms with van der Waals surface area (Å²) in [6, 6.07) is 4.07. The summed E-state index contributed by atoms with van der Waals surface area (Å²) in [5, 5.41) is 32.1. The molecule has 0 aliphatic heterocycles. The summed E-state index contributed by atoms with van der Waals surface area (Å²) in [5.74, 6) is 1.44. The molecule has 4 nitrogen and oxygen atoms in total. The number of nitrogens with zero attached hydrogens (tertiary/aromatic N) is 1. The SMILES string of the molecule is C[C@]12CC[C@H](O)CC1C[C@H](O)[C@H]1[C@@H]3CC=C(c4cccnc4)C3(CO)CC[C@@H]12. The third kappa shape index (κ3) is 2.50. The lowest BCUT2D eigenvalue weighted by atomic mass is 9.43. The van der Waals surface area contributed by atoms with Crippen molar-refractivity contribution in [1.29, 1.82) is 0 Å². The first-order valence-electron chi connectivity index (χ1n) is 11.1. The number of aliphatic hydroxyl groups is 3. The maximum atomic E-state index is 11.3. The Morgan fingerprint density at radius 2 is 2.00 bits per heavy atom. The number of aliphatic hydroxyl groups excluding tert-OH is 3. The van der Waals surface area contributed by atoms with Crippen molar-refractivity contribution in [3.05, 3.63) is 36.2 Å². The number of fused-ring (bicyclic) bond motifs is 5. The van der Waals surface area contributed by atoms with Crippen LogP contribution in [0.15, 0.2) is 30.6 Å². The second-order valence-electron chi connectivity index (χ2n) is 10.2. The molecule has 4 aliphatic carbocycles. The van der Waals surface area contributed by atoms with E-state index in [0.29, 0.717) is 17.8 Å². The molecule has 4 heteroatoms. The molecule has 0 radical (unpaired) electrons. The van der Waals surface area contributed by atoms with Crippen LogP contribution in [-0.2, 0) is 0 Å². The Bertz CT molecular complexity index is 764. The van der Waals surface area contributed by atoms with Crippen LogP contribution in [0.2, 0.25) is 0 Å². The summed E-state index contributed by atoms with van der Waals surface area (Å²) >= 11 is 0. The van der Waals surface area contributed by atoms with E-state index < -0.39 is 0 Å². The molecule has 3 N–H and O–H groups in total. The summed E-state index contributed by atoms with van der Waals surface area (Å²) in [4.78, 5) is 4.31. The van der Waals surface area contributed by atoms with Crippen LogP contribution in [0.5, 0.6) is 0 Å². The minimum Gasteiger partial charge on any atom is -0.395 e. The number of pyridine rings is 1. The zero-order valence-electron chi connectivity index (χ0n) is 16.8. The van der Waals surface area contributed by atoms with E-state index in [2.05, 4.69) is 24.1 Å². The van der Waals surface area contributed by atoms with Gasteiger partial charge in [-0.3, -0.25) is 4.98 Å². The quantitative estimate of drug-likeness (QED) is 0.732. The Labute approximate surface area is 167 Å². The number of hydrogen-bond acceptors (Lipinski definition) is 4. The van der Waals surface area contributed by atoms with Gasteiger partial charge in [-0.2, -0.15) is 0 Å². The highest BCUT2D eigenvalue weighted by molar-refractivity contribution is 5.73. The first-order valence-corrected chi connectivity index (χ1v) is 11.1. The first-order chi connectivity index (χ1) is 13.5. The number of rotatable bonds is 2. The standard InChI is InChI=1S/C24H33NO3/c1-23-8-6-17(27)11-16(23)12-21(28)22-19(23)7-9-24(14-26)18(4-5-20(22)24)15-3-2-10-25-13-15/h2-4,10,13,16-17,19-22,26-28H,5-9,11-12,14H2,1H3/t16?,17-,19-,20-,21-,22+,23-,24?/m0/s1. The van der Waals surface area contributed by atoms with Crippen molar-refractivity contribution in [2.45, 2.75) is 64.1 Å². The normalized spacial score (nSPS) is 47.6. The first kappa shape index (κ1) is 18.8. The van der Waals surface area contributed by atoms with Crippen LogP contribution in [0.25, 0.3) is 5.57 Å². The minimum absolute atomic E-state index is 0.146. The molecular formula is C24H33NO3. The van der Waals surface area contributed by atoms with Gasteiger partial charge in [0.15, 0.2) is 0 Å². The van der Waals surface area contributed by atoms with Gasteiger partial charge in [0.25, 0.3) is 0 Å². The van der Waals surface area contributed by atoms with Gasteiger partial charge < -0.3 is 15.3 Å². The van der Waals surface area contributed by atoms with Gasteiger partial charge in [-0.15, -0.1) is 0 Å². The lowest BCUT2D eigenvalue weighted by Gasteiger charge is -2.62. The summed E-state index contributed by atoms with van der Waals surface area (Å²) in [7, 11) is 0. The molecule has 2 unspecified atom stereocenters. The molecule has 4 aliphatic rings. The highest BCUT2D eigenvalue weighted by Gasteiger charge is 2.62. The van der Waals surface area contributed by atoms with Crippen LogP contribution in [0.4, 0.5) is 0 Å². The molecule has 3 fully saturated rings. The molecule has 1 aromatic heterocycles. The van der Waals surface area contributed by atoms with Crippen molar-refractivity contribution in [3.63, 3.8) is 0 Å². The van der Waals surface area contributed by atoms with E-state index >= 15 is 0 Å². The lowest BCUT2D eigenvalue weighted by Crippen LogP contribution is -2.59. The van der Waals surface area contributed by atoms with Gasteiger partial charge in [-0.1, -0.05) is 19.1 Å². The van der Waals surface area contributed by atoms with E-state index in [9.17, 15) is 15.3 Å². The van der Waals surface area contributed by atoms with Crippen LogP contribution in [-0.4, -0.2) is 39.1 Å². The van der Waals surface area contributed by atoms with E-state index in [1.54, 1.807) is 6.20 Å². The predicted molar refractivity (Wildman–Crippen MR) is 108 cm³/mol. The Hall–Kier alpha value is -1.23. The van der Waals surface area contributed by atoms with Gasteiger partial charge in [-0.05, 0) is 91.2 Å². The molecule has 152 valence electrons. The van der Waals surface area contributed by atoms with E-state index in [1.807, 2.05) is 12.3 Å². The van der Waals surface area contributed by atoms with Crippen LogP contribution in [0, 0.1) is 34.5 Å². The van der Waals surface area contributed by atoms with Crippen molar-refractivity contribution in [1.82, 2.24) is 4.98 Å². The smallest absolute Gasteiger partial charge is 0.0577 e. The predicted octanol–water partition coefficient (Wildman–Crippen LogP) is 3.42. The maximum absolute atomic E-state index is 11.3. The van der Waals surface area contributed by atoms with Crippen LogP contribution in [0.3, 0.4) is 0 Å². The third-order valence-electron chi connectivity index (χ3n) is 9.23. The largest absolute Gasteiger partial charge is 0.395 e. The van der Waals surface area contributed by atoms with Gasteiger partial charge in [0.05, 0.1) is 18.8 Å². The molecule has 0 aromatic carbocycles. The Morgan fingerprint density at radius 1 is 1.14 bits per heavy atom. The Balaban J connectivity index is 1.50. The van der Waals surface area contributed by atoms with E-state index in [1.165, 1.54) is 5.57 Å². The number of hydrogen-bond donors (Lipinski definition) is 3. The van der Waals surface area contributed by atoms with E-state index in [0.717, 1.165) is 50.5 Å². The maximum Gasteiger partial charge on any atom is 0.0577 e. The second-order valence-corrected chi connectivity index (χ2v) is 10.2. The molecule has 0 spiro atoms. The molecule has 1 heterocycles. The van der Waals surface area contributed by atoms with Gasteiger partial charge in [0, 0.05) is 17.8 Å². The van der Waals surface area contributed by atoms with Crippen molar-refractivity contribution in [3.8, 4) is 0 Å². The fourth-order valence-electron chi connectivity index (χ4n) is 7.82. The third-order valence-corrected chi connectivity index (χ3v) is 9.23. The van der Waals surface area contributed by atoms with Gasteiger partial charge in [-0.25, -0.2) is 0 Å². The summed E-state index contributed by atoms with van der Waals surface area (Å²) in [6.45, 7) is 2.57. The highest BCUT2D eigenvalue weighted by atomic mass is 16.3. The summed E-state index contributed by atoms with van der Waals surface area (Å²) in [6.07, 6.45) is 12.1. The molecule has 0 saturated heterocycles. The van der Waals surface area contributed by atoms with E-state index in [-0.39, 0.29) is 35.6 Å². The Kier molecular flexibility index (Phi) is 4.46. The minimum atomic E-state index is -0.328. The topological polar surface area (TPSA) is 73.6 Å². The summed E-state index contributed by atoms with van der Waals surface area (Å²) in [5.41, 5.74) is 2.32. The zero-order valence-corrected chi connectivity index (χ0v) is 16.8. The molecule has 1 aromatic rings. The zero-order chi connectivity index (χ0) is 19.5. The van der Waals surface area contributed by atoms with Gasteiger partial charge in [0.1, 0.15) is 0 Å². The van der Waals surface area contributed by atoms with Crippen molar-refractivity contribution >= 4 is 5.57 Å². The monoisotopic (exact) mass is 383 g/mol. The second kappa shape index (κ2) is 6.65. The van der Waals surface area contributed by atoms with E-state index in [4.69, 9.17) is 0 Å². The summed E-state index contributed by atoms with van der Waals surface area (Å²) < 4.78 is 0. The Morgan fingerprint density at radius 3 is 2.75 bits per heavy atom. The van der Waals surface area contributed by atoms with Crippen LogP contribution >= 0.6 is 0 Å². The van der Waals surface area contributed by atoms with Crippen molar-refractivity contribution < 1.29 is 15.3 Å². The molecule has 0 bridgehead atoms. The van der Waals surface area contributed by atoms with Gasteiger partial charge >= 0.3 is 0 Å². The molecule has 3 saturated carbocycles. The van der Waals surface area contributed by atoms with Crippen molar-refractivity contribution in [2.24, 2.45) is 34.5 Å². The average molecular weight is 384 g/mol. The average Bonchev–Trinajstić information content (AvgIpc) is 3.10. The lowest BCUT2D eigenvalue weighted by molar-refractivity contribution is -0.169. The molecule has 0 amide bonds. The highest BCUT2D eigenvalue weighted by Crippen LogP contribution is 2.67. The van der Waals surface area contributed by atoms with Crippen molar-refractivity contribution in [2.75, 3.05) is 6.61 Å². The fourth-order valence-corrected chi connectivity index (χ4v) is 7.82. The van der Waals surface area contributed by atoms with Crippen LogP contribution in [0.1, 0.15) is 57.4 Å². The molecular weight excluding hydrogens is 350 g/mol. The van der Waals surface area contributed by atoms with Crippen LogP contribution < -0.4 is 0 Å². The fraction of sp³-hybridized carbons (Fsp3) is 0.708. The van der Waals surface area contributed by atoms with Gasteiger partial charge in [0.2, 0.25) is 0 Å². The molecule has 5 rings (SSSR count). The molecule has 8 atom stereocenters.